The van der Waals surface area contributed by atoms with Crippen LogP contribution in [0.25, 0.3) is 0 Å². The molecule has 0 saturated carbocycles. The van der Waals surface area contributed by atoms with Gasteiger partial charge in [-0.05, 0) is 51.4 Å². The maximum atomic E-state index is 13.0. The van der Waals surface area contributed by atoms with E-state index in [0.29, 0.717) is 12.8 Å². The number of hydrogen-bond acceptors (Lipinski definition) is 8. The topological polar surface area (TPSA) is 149 Å². The van der Waals surface area contributed by atoms with Crippen molar-refractivity contribution in [1.82, 2.24) is 5.32 Å². The summed E-state index contributed by atoms with van der Waals surface area (Å²) in [6.45, 7) is 3.74. The Morgan fingerprint density at radius 3 is 1.44 bits per heavy atom. The standard InChI is InChI=1S/C55H101NO8/c1-3-5-7-9-11-13-15-17-19-21-23-25-27-29-31-33-35-37-39-41-43-45-51(59)56-48(47-63-55-54(62)53(61)52(60)50(46-57)64-55)49(58)44-42-40-38-36-34-32-30-28-26-24-22-20-18-16-14-12-10-8-6-4-2/h5,7,11,13,17,19,23,25,48-50,52-55,57-58,60-62H,3-4,6,8-10,12,14-16,18,20-22,24,26-47H2,1-2H3,(H,56,59)/b7-5-,13-11-,19-17-,25-23-. The molecule has 7 atom stereocenters. The highest BCUT2D eigenvalue weighted by atomic mass is 16.7. The summed E-state index contributed by atoms with van der Waals surface area (Å²) < 4.78 is 11.3. The molecular weight excluding hydrogens is 803 g/mol. The van der Waals surface area contributed by atoms with Gasteiger partial charge >= 0.3 is 0 Å². The minimum absolute atomic E-state index is 0.142. The van der Waals surface area contributed by atoms with Gasteiger partial charge in [0.05, 0.1) is 25.4 Å². The van der Waals surface area contributed by atoms with Crippen LogP contribution >= 0.6 is 0 Å². The van der Waals surface area contributed by atoms with Crippen molar-refractivity contribution in [2.75, 3.05) is 13.2 Å². The second kappa shape index (κ2) is 45.0. The molecule has 1 heterocycles. The minimum Gasteiger partial charge on any atom is -0.394 e. The lowest BCUT2D eigenvalue weighted by atomic mass is 9.99. The molecule has 374 valence electrons. The normalized spacial score (nSPS) is 20.4. The molecule has 0 aromatic carbocycles. The number of nitrogens with one attached hydrogen (secondary N) is 1. The molecule has 7 unspecified atom stereocenters. The Morgan fingerprint density at radius 2 is 0.969 bits per heavy atom. The number of aliphatic hydroxyl groups excluding tert-OH is 5. The van der Waals surface area contributed by atoms with Crippen LogP contribution in [0.1, 0.15) is 239 Å². The first-order valence-electron chi connectivity index (χ1n) is 26.8. The number of aliphatic hydroxyl groups is 5. The zero-order chi connectivity index (χ0) is 46.6. The Hall–Kier alpha value is -1.85. The SMILES string of the molecule is CC/C=C\C/C=C\C/C=C\C/C=C\CCCCCCCCCCC(=O)NC(COC1OC(CO)C(O)C(O)C1O)C(O)CCCCCCCCCCCCCCCCCCCCCC. The predicted molar refractivity (Wildman–Crippen MR) is 267 cm³/mol. The van der Waals surface area contributed by atoms with Crippen molar-refractivity contribution in [3.63, 3.8) is 0 Å². The molecule has 1 amide bonds. The predicted octanol–water partition coefficient (Wildman–Crippen LogP) is 12.6. The first-order chi connectivity index (χ1) is 31.3. The van der Waals surface area contributed by atoms with Gasteiger partial charge < -0.3 is 40.3 Å². The fourth-order valence-corrected chi connectivity index (χ4v) is 8.45. The number of allylic oxidation sites excluding steroid dienone is 8. The molecule has 0 aromatic heterocycles. The van der Waals surface area contributed by atoms with E-state index >= 15 is 0 Å². The average Bonchev–Trinajstić information content (AvgIpc) is 3.29. The molecule has 1 saturated heterocycles. The van der Waals surface area contributed by atoms with Crippen LogP contribution in [0.15, 0.2) is 48.6 Å². The summed E-state index contributed by atoms with van der Waals surface area (Å²) in [5.41, 5.74) is 0. The second-order valence-corrected chi connectivity index (χ2v) is 18.6. The third kappa shape index (κ3) is 34.5. The molecule has 9 nitrogen and oxygen atoms in total. The molecular formula is C55H101NO8. The molecule has 1 aliphatic rings. The molecule has 1 fully saturated rings. The summed E-state index contributed by atoms with van der Waals surface area (Å²) in [7, 11) is 0. The van der Waals surface area contributed by atoms with Crippen molar-refractivity contribution in [3.05, 3.63) is 48.6 Å². The van der Waals surface area contributed by atoms with Crippen molar-refractivity contribution >= 4 is 5.91 Å². The van der Waals surface area contributed by atoms with E-state index in [1.807, 2.05) is 0 Å². The highest BCUT2D eigenvalue weighted by molar-refractivity contribution is 5.76. The van der Waals surface area contributed by atoms with Crippen molar-refractivity contribution in [2.24, 2.45) is 0 Å². The largest absolute Gasteiger partial charge is 0.394 e. The maximum absolute atomic E-state index is 13.0. The highest BCUT2D eigenvalue weighted by Gasteiger charge is 2.44. The number of amides is 1. The first-order valence-corrected chi connectivity index (χ1v) is 26.8. The molecule has 0 aromatic rings. The fourth-order valence-electron chi connectivity index (χ4n) is 8.45. The van der Waals surface area contributed by atoms with Crippen LogP contribution in [-0.2, 0) is 14.3 Å². The van der Waals surface area contributed by atoms with Crippen molar-refractivity contribution in [1.29, 1.82) is 0 Å². The average molecular weight is 904 g/mol. The van der Waals surface area contributed by atoms with Crippen LogP contribution in [0.5, 0.6) is 0 Å². The van der Waals surface area contributed by atoms with Gasteiger partial charge in [-0.25, -0.2) is 0 Å². The number of hydrogen-bond donors (Lipinski definition) is 6. The lowest BCUT2D eigenvalue weighted by Crippen LogP contribution is -2.60. The van der Waals surface area contributed by atoms with E-state index in [-0.39, 0.29) is 12.5 Å². The Kier molecular flexibility index (Phi) is 42.3. The van der Waals surface area contributed by atoms with Crippen LogP contribution in [0.3, 0.4) is 0 Å². The lowest BCUT2D eigenvalue weighted by Gasteiger charge is -2.40. The maximum Gasteiger partial charge on any atom is 0.220 e. The molecule has 0 aliphatic carbocycles. The summed E-state index contributed by atoms with van der Waals surface area (Å²) in [4.78, 5) is 13.0. The Bertz CT molecular complexity index is 1140. The number of carbonyl (C=O) groups is 1. The minimum atomic E-state index is -1.56. The quantitative estimate of drug-likeness (QED) is 0.0261. The van der Waals surface area contributed by atoms with Gasteiger partial charge in [-0.2, -0.15) is 0 Å². The monoisotopic (exact) mass is 904 g/mol. The number of unbranched alkanes of at least 4 members (excludes halogenated alkanes) is 27. The van der Waals surface area contributed by atoms with Crippen molar-refractivity contribution in [3.8, 4) is 0 Å². The van der Waals surface area contributed by atoms with Crippen molar-refractivity contribution < 1.29 is 39.8 Å². The highest BCUT2D eigenvalue weighted by Crippen LogP contribution is 2.23. The Balaban J connectivity index is 2.26. The van der Waals surface area contributed by atoms with E-state index in [0.717, 1.165) is 70.6 Å². The van der Waals surface area contributed by atoms with Crippen LogP contribution in [0, 0.1) is 0 Å². The Morgan fingerprint density at radius 1 is 0.547 bits per heavy atom. The van der Waals surface area contributed by atoms with E-state index in [2.05, 4.69) is 67.8 Å². The van der Waals surface area contributed by atoms with Gasteiger partial charge in [0, 0.05) is 6.42 Å². The summed E-state index contributed by atoms with van der Waals surface area (Å²) in [5, 5.41) is 54.6. The molecule has 64 heavy (non-hydrogen) atoms. The molecule has 1 aliphatic heterocycles. The van der Waals surface area contributed by atoms with E-state index in [1.54, 1.807) is 0 Å². The Labute approximate surface area is 393 Å². The summed E-state index contributed by atoms with van der Waals surface area (Å²) in [6, 6.07) is -0.725. The first kappa shape index (κ1) is 60.2. The molecule has 1 rings (SSSR count). The fraction of sp³-hybridized carbons (Fsp3) is 0.836. The van der Waals surface area contributed by atoms with Crippen LogP contribution in [0.2, 0.25) is 0 Å². The van der Waals surface area contributed by atoms with E-state index in [4.69, 9.17) is 9.47 Å². The van der Waals surface area contributed by atoms with E-state index in [9.17, 15) is 30.3 Å². The van der Waals surface area contributed by atoms with E-state index < -0.39 is 49.5 Å². The van der Waals surface area contributed by atoms with Gasteiger partial charge in [0.1, 0.15) is 24.4 Å². The van der Waals surface area contributed by atoms with Gasteiger partial charge in [-0.15, -0.1) is 0 Å². The zero-order valence-electron chi connectivity index (χ0n) is 41.3. The molecule has 9 heteroatoms. The van der Waals surface area contributed by atoms with Gasteiger partial charge in [-0.1, -0.05) is 229 Å². The van der Waals surface area contributed by atoms with Crippen LogP contribution in [-0.4, -0.2) is 87.5 Å². The van der Waals surface area contributed by atoms with Crippen LogP contribution in [0.4, 0.5) is 0 Å². The van der Waals surface area contributed by atoms with Gasteiger partial charge in [-0.3, -0.25) is 4.79 Å². The van der Waals surface area contributed by atoms with Gasteiger partial charge in [0.25, 0.3) is 0 Å². The lowest BCUT2D eigenvalue weighted by molar-refractivity contribution is -0.302. The number of rotatable bonds is 45. The molecule has 0 spiro atoms. The second-order valence-electron chi connectivity index (χ2n) is 18.6. The van der Waals surface area contributed by atoms with Crippen molar-refractivity contribution in [2.45, 2.75) is 281 Å². The summed E-state index contributed by atoms with van der Waals surface area (Å²) in [6.07, 6.45) is 51.2. The zero-order valence-corrected chi connectivity index (χ0v) is 41.3. The van der Waals surface area contributed by atoms with E-state index in [1.165, 1.54) is 141 Å². The molecule has 0 radical (unpaired) electrons. The van der Waals surface area contributed by atoms with Gasteiger partial charge in [0.2, 0.25) is 5.91 Å². The van der Waals surface area contributed by atoms with Crippen LogP contribution < -0.4 is 5.32 Å². The number of carbonyl (C=O) groups excluding carboxylic acids is 1. The third-order valence-corrected chi connectivity index (χ3v) is 12.7. The summed E-state index contributed by atoms with van der Waals surface area (Å²) in [5.74, 6) is -0.152. The third-order valence-electron chi connectivity index (χ3n) is 12.7. The smallest absolute Gasteiger partial charge is 0.220 e. The van der Waals surface area contributed by atoms with Gasteiger partial charge in [0.15, 0.2) is 6.29 Å². The number of ether oxygens (including phenoxy) is 2. The molecule has 6 N–H and O–H groups in total. The molecule has 0 bridgehead atoms. The summed E-state index contributed by atoms with van der Waals surface area (Å²) >= 11 is 0.